The smallest absolute Gasteiger partial charge is 0.328 e. The number of aliphatic imine (C=N–C) groups is 1. The Bertz CT molecular complexity index is 1410. The Balaban J connectivity index is 1.50. The molecule has 2 amide bonds. The molecule has 2 aliphatic heterocycles. The number of fused-ring (bicyclic) bond motifs is 2. The van der Waals surface area contributed by atoms with Gasteiger partial charge < -0.3 is 14.5 Å². The first-order valence-corrected chi connectivity index (χ1v) is 10.8. The van der Waals surface area contributed by atoms with Crippen LogP contribution in [0.25, 0.3) is 11.0 Å². The first kappa shape index (κ1) is 19.4. The molecule has 0 bridgehead atoms. The van der Waals surface area contributed by atoms with Crippen molar-refractivity contribution in [3.05, 3.63) is 78.1 Å². The van der Waals surface area contributed by atoms with Gasteiger partial charge in [0.25, 0.3) is 0 Å². The number of aromatic nitrogens is 2. The average molecular weight is 439 g/mol. The number of hydrogen-bond acceptors (Lipinski definition) is 5. The highest BCUT2D eigenvalue weighted by Gasteiger charge is 2.40. The predicted octanol–water partition coefficient (Wildman–Crippen LogP) is 4.86. The molecule has 3 aromatic carbocycles. The van der Waals surface area contributed by atoms with Crippen molar-refractivity contribution >= 4 is 34.3 Å². The van der Waals surface area contributed by atoms with Crippen molar-refractivity contribution in [2.75, 3.05) is 11.7 Å². The fourth-order valence-electron chi connectivity index (χ4n) is 4.34. The largest absolute Gasteiger partial charge is 0.454 e. The van der Waals surface area contributed by atoms with Gasteiger partial charge in [0, 0.05) is 5.69 Å². The summed E-state index contributed by atoms with van der Waals surface area (Å²) in [4.78, 5) is 27.3. The number of anilines is 1. The van der Waals surface area contributed by atoms with Gasteiger partial charge in [-0.25, -0.2) is 14.8 Å². The summed E-state index contributed by atoms with van der Waals surface area (Å²) in [5.74, 6) is 1.90. The lowest BCUT2D eigenvalue weighted by atomic mass is 10.0. The van der Waals surface area contributed by atoms with Crippen LogP contribution in [0.1, 0.15) is 24.1 Å². The number of aromatic amines is 1. The predicted molar refractivity (Wildman–Crippen MR) is 125 cm³/mol. The van der Waals surface area contributed by atoms with Crippen molar-refractivity contribution in [2.45, 2.75) is 19.4 Å². The Morgan fingerprint density at radius 3 is 2.88 bits per heavy atom. The maximum Gasteiger partial charge on any atom is 0.328 e. The van der Waals surface area contributed by atoms with Crippen LogP contribution in [0.3, 0.4) is 0 Å². The Hall–Kier alpha value is -4.33. The number of H-pyrrole nitrogens is 1. The third kappa shape index (κ3) is 3.27. The van der Waals surface area contributed by atoms with Gasteiger partial charge in [-0.3, -0.25) is 10.2 Å². The van der Waals surface area contributed by atoms with Crippen molar-refractivity contribution in [1.82, 2.24) is 15.3 Å². The zero-order valence-electron chi connectivity index (χ0n) is 17.9. The summed E-state index contributed by atoms with van der Waals surface area (Å²) < 4.78 is 11.1. The van der Waals surface area contributed by atoms with Gasteiger partial charge in [-0.2, -0.15) is 0 Å². The fraction of sp³-hybridized carbons (Fsp3) is 0.160. The first-order chi connectivity index (χ1) is 16.2. The summed E-state index contributed by atoms with van der Waals surface area (Å²) in [7, 11) is 0. The molecule has 1 atom stereocenters. The fourth-order valence-corrected chi connectivity index (χ4v) is 4.34. The number of amidine groups is 1. The maximum atomic E-state index is 13.3. The van der Waals surface area contributed by atoms with E-state index < -0.39 is 6.04 Å². The average Bonchev–Trinajstić information content (AvgIpc) is 3.56. The number of carbonyl (C=O) groups excluding carboxylic acids is 1. The number of nitrogens with one attached hydrogen (secondary N) is 2. The van der Waals surface area contributed by atoms with Crippen LogP contribution in [-0.4, -0.2) is 28.6 Å². The van der Waals surface area contributed by atoms with Crippen LogP contribution in [0.4, 0.5) is 16.2 Å². The normalized spacial score (nSPS) is 18.3. The molecule has 2 N–H and O–H groups in total. The number of nitrogens with zero attached hydrogens (tertiary/aromatic N) is 3. The van der Waals surface area contributed by atoms with E-state index in [0.29, 0.717) is 17.3 Å². The Morgan fingerprint density at radius 2 is 1.97 bits per heavy atom. The SMILES string of the molecule is CCc1ccccc1/N=C1\NC(=O)N(c2ccc3[nH]cnc3c2)C1c1ccc2c(c1)OCO2. The first-order valence-electron chi connectivity index (χ1n) is 10.8. The molecule has 8 nitrogen and oxygen atoms in total. The zero-order valence-corrected chi connectivity index (χ0v) is 17.9. The van der Waals surface area contributed by atoms with Crippen molar-refractivity contribution in [3.8, 4) is 11.5 Å². The zero-order chi connectivity index (χ0) is 22.4. The molecule has 0 radical (unpaired) electrons. The van der Waals surface area contributed by atoms with E-state index in [9.17, 15) is 4.79 Å². The lowest BCUT2D eigenvalue weighted by molar-refractivity contribution is 0.174. The minimum atomic E-state index is -0.465. The summed E-state index contributed by atoms with van der Waals surface area (Å²) >= 11 is 0. The summed E-state index contributed by atoms with van der Waals surface area (Å²) in [6, 6.07) is 18.7. The Morgan fingerprint density at radius 1 is 1.09 bits per heavy atom. The van der Waals surface area contributed by atoms with E-state index in [0.717, 1.165) is 40.0 Å². The number of imidazole rings is 1. The number of para-hydroxylation sites is 1. The van der Waals surface area contributed by atoms with Gasteiger partial charge >= 0.3 is 6.03 Å². The molecule has 0 spiro atoms. The van der Waals surface area contributed by atoms with Crippen LogP contribution in [0.15, 0.2) is 72.0 Å². The van der Waals surface area contributed by atoms with Crippen LogP contribution in [-0.2, 0) is 6.42 Å². The minimum absolute atomic E-state index is 0.186. The number of benzene rings is 3. The van der Waals surface area contributed by atoms with Crippen molar-refractivity contribution in [1.29, 1.82) is 0 Å². The van der Waals surface area contributed by atoms with Gasteiger partial charge in [0.1, 0.15) is 11.9 Å². The number of ether oxygens (including phenoxy) is 2. The van der Waals surface area contributed by atoms with Crippen LogP contribution >= 0.6 is 0 Å². The van der Waals surface area contributed by atoms with E-state index >= 15 is 0 Å². The second kappa shape index (κ2) is 7.67. The van der Waals surface area contributed by atoms with Crippen LogP contribution in [0, 0.1) is 0 Å². The third-order valence-electron chi connectivity index (χ3n) is 5.98. The lowest BCUT2D eigenvalue weighted by Crippen LogP contribution is -2.29. The van der Waals surface area contributed by atoms with Gasteiger partial charge in [0.05, 0.1) is 23.0 Å². The topological polar surface area (TPSA) is 91.8 Å². The number of rotatable bonds is 4. The van der Waals surface area contributed by atoms with E-state index in [4.69, 9.17) is 14.5 Å². The Kier molecular flexibility index (Phi) is 4.50. The Labute approximate surface area is 189 Å². The quantitative estimate of drug-likeness (QED) is 0.475. The summed E-state index contributed by atoms with van der Waals surface area (Å²) in [6.07, 6.45) is 2.48. The van der Waals surface area contributed by atoms with Gasteiger partial charge in [-0.1, -0.05) is 31.2 Å². The number of aryl methyl sites for hydroxylation is 1. The molecule has 4 aromatic rings. The van der Waals surface area contributed by atoms with Crippen LogP contribution in [0.5, 0.6) is 11.5 Å². The maximum absolute atomic E-state index is 13.3. The second-order valence-electron chi connectivity index (χ2n) is 7.90. The molecule has 1 saturated heterocycles. The summed E-state index contributed by atoms with van der Waals surface area (Å²) in [5, 5.41) is 3.00. The highest BCUT2D eigenvalue weighted by Crippen LogP contribution is 2.39. The summed E-state index contributed by atoms with van der Waals surface area (Å²) in [6.45, 7) is 2.28. The number of hydrogen-bond donors (Lipinski definition) is 2. The number of urea groups is 1. The highest BCUT2D eigenvalue weighted by atomic mass is 16.7. The van der Waals surface area contributed by atoms with Gasteiger partial charge in [0.15, 0.2) is 11.5 Å². The summed E-state index contributed by atoms with van der Waals surface area (Å²) in [5.41, 5.74) is 5.23. The highest BCUT2D eigenvalue weighted by molar-refractivity contribution is 6.17. The number of carbonyl (C=O) groups is 1. The molecule has 1 unspecified atom stereocenters. The molecule has 6 rings (SSSR count). The standard InChI is InChI=1S/C25H21N5O3/c1-2-15-5-3-4-6-18(15)28-24-23(16-7-10-21-22(11-16)33-14-32-21)30(25(31)29-24)17-8-9-19-20(12-17)27-13-26-19/h3-13,23H,2,14H2,1H3,(H,26,27)(H,28,29,31). The van der Waals surface area contributed by atoms with Crippen molar-refractivity contribution in [2.24, 2.45) is 4.99 Å². The monoisotopic (exact) mass is 439 g/mol. The van der Waals surface area contributed by atoms with Gasteiger partial charge in [0.2, 0.25) is 6.79 Å². The molecule has 3 heterocycles. The molecule has 0 aliphatic carbocycles. The molecule has 1 fully saturated rings. The number of amides is 2. The molecule has 1 aromatic heterocycles. The molecule has 2 aliphatic rings. The molecule has 0 saturated carbocycles. The van der Waals surface area contributed by atoms with E-state index in [2.05, 4.69) is 28.3 Å². The molecular weight excluding hydrogens is 418 g/mol. The van der Waals surface area contributed by atoms with Crippen molar-refractivity contribution < 1.29 is 14.3 Å². The molecule has 33 heavy (non-hydrogen) atoms. The molecular formula is C25H21N5O3. The van der Waals surface area contributed by atoms with Gasteiger partial charge in [-0.15, -0.1) is 0 Å². The van der Waals surface area contributed by atoms with Crippen molar-refractivity contribution in [3.63, 3.8) is 0 Å². The van der Waals surface area contributed by atoms with Gasteiger partial charge in [-0.05, 0) is 53.9 Å². The molecule has 8 heteroatoms. The second-order valence-corrected chi connectivity index (χ2v) is 7.90. The van der Waals surface area contributed by atoms with Crippen LogP contribution < -0.4 is 19.7 Å². The van der Waals surface area contributed by atoms with E-state index in [-0.39, 0.29) is 12.8 Å². The van der Waals surface area contributed by atoms with E-state index in [1.54, 1.807) is 11.2 Å². The third-order valence-corrected chi connectivity index (χ3v) is 5.98. The lowest BCUT2D eigenvalue weighted by Gasteiger charge is -2.23. The van der Waals surface area contributed by atoms with E-state index in [1.165, 1.54) is 0 Å². The van der Waals surface area contributed by atoms with E-state index in [1.807, 2.05) is 54.6 Å². The minimum Gasteiger partial charge on any atom is -0.454 e. The molecule has 164 valence electrons. The van der Waals surface area contributed by atoms with Crippen LogP contribution in [0.2, 0.25) is 0 Å².